The van der Waals surface area contributed by atoms with E-state index in [1.54, 1.807) is 13.4 Å². The molecule has 0 aliphatic carbocycles. The molecule has 0 spiro atoms. The summed E-state index contributed by atoms with van der Waals surface area (Å²) in [6.45, 7) is 4.15. The monoisotopic (exact) mass is 292 g/mol. The molecule has 2 aromatic heterocycles. The lowest BCUT2D eigenvalue weighted by atomic mass is 10.2. The molecule has 0 aliphatic heterocycles. The van der Waals surface area contributed by atoms with E-state index in [9.17, 15) is 0 Å². The molecule has 22 heavy (non-hydrogen) atoms. The largest absolute Gasteiger partial charge is 0.479 e. The van der Waals surface area contributed by atoms with Gasteiger partial charge in [-0.3, -0.25) is 0 Å². The van der Waals surface area contributed by atoms with Gasteiger partial charge in [0.05, 0.1) is 13.4 Å². The number of benzene rings is 1. The Balaban J connectivity index is 2.11. The second-order valence-corrected chi connectivity index (χ2v) is 5.09. The van der Waals surface area contributed by atoms with Crippen molar-refractivity contribution in [3.63, 3.8) is 0 Å². The Morgan fingerprint density at radius 1 is 1.09 bits per heavy atom. The first-order valence-electron chi connectivity index (χ1n) is 7.04. The maximum Gasteiger partial charge on any atom is 0.246 e. The number of hydrogen-bond donors (Lipinski definition) is 0. The van der Waals surface area contributed by atoms with E-state index in [-0.39, 0.29) is 6.04 Å². The number of hydrogen-bond acceptors (Lipinski definition) is 4. The molecule has 0 amide bonds. The summed E-state index contributed by atoms with van der Waals surface area (Å²) in [5, 5.41) is 0. The summed E-state index contributed by atoms with van der Waals surface area (Å²) >= 11 is 0. The summed E-state index contributed by atoms with van der Waals surface area (Å²) < 4.78 is 7.30. The second kappa shape index (κ2) is 5.86. The van der Waals surface area contributed by atoms with Crippen LogP contribution in [0.25, 0.3) is 11.2 Å². The van der Waals surface area contributed by atoms with Crippen LogP contribution in [0.4, 0.5) is 0 Å². The Morgan fingerprint density at radius 3 is 2.55 bits per heavy atom. The lowest BCUT2D eigenvalue weighted by Gasteiger charge is -2.07. The molecule has 5 nitrogen and oxygen atoms in total. The van der Waals surface area contributed by atoms with Gasteiger partial charge in [0, 0.05) is 11.6 Å². The van der Waals surface area contributed by atoms with Crippen molar-refractivity contribution in [3.05, 3.63) is 48.0 Å². The van der Waals surface area contributed by atoms with Gasteiger partial charge in [0.25, 0.3) is 0 Å². The molecule has 110 valence electrons. The highest BCUT2D eigenvalue weighted by Crippen LogP contribution is 2.22. The SMILES string of the molecule is COc1nc(C#Cc2ccccc2)nc2c1ncn2C(C)C. The second-order valence-electron chi connectivity index (χ2n) is 5.09. The summed E-state index contributed by atoms with van der Waals surface area (Å²) in [4.78, 5) is 13.2. The van der Waals surface area contributed by atoms with Crippen LogP contribution in [0.15, 0.2) is 36.7 Å². The molecule has 0 atom stereocenters. The highest BCUT2D eigenvalue weighted by atomic mass is 16.5. The third-order valence-electron chi connectivity index (χ3n) is 3.23. The smallest absolute Gasteiger partial charge is 0.246 e. The van der Waals surface area contributed by atoms with Crippen LogP contribution in [-0.4, -0.2) is 26.6 Å². The van der Waals surface area contributed by atoms with Gasteiger partial charge in [-0.1, -0.05) is 24.1 Å². The Bertz CT molecular complexity index is 857. The molecule has 0 N–H and O–H groups in total. The zero-order valence-electron chi connectivity index (χ0n) is 12.7. The molecule has 3 aromatic rings. The number of fused-ring (bicyclic) bond motifs is 1. The standard InChI is InChI=1S/C17H16N4O/c1-12(2)21-11-18-15-16(21)19-14(20-17(15)22-3)10-9-13-7-5-4-6-8-13/h4-8,11-12H,1-3H3. The van der Waals surface area contributed by atoms with Crippen molar-refractivity contribution in [1.82, 2.24) is 19.5 Å². The predicted molar refractivity (Wildman–Crippen MR) is 84.7 cm³/mol. The van der Waals surface area contributed by atoms with E-state index < -0.39 is 0 Å². The van der Waals surface area contributed by atoms with E-state index in [0.29, 0.717) is 17.2 Å². The number of ether oxygens (including phenoxy) is 1. The van der Waals surface area contributed by atoms with Gasteiger partial charge in [-0.2, -0.15) is 4.98 Å². The summed E-state index contributed by atoms with van der Waals surface area (Å²) in [6.07, 6.45) is 1.75. The quantitative estimate of drug-likeness (QED) is 0.682. The van der Waals surface area contributed by atoms with Gasteiger partial charge in [0.2, 0.25) is 11.7 Å². The number of imidazole rings is 1. The zero-order chi connectivity index (χ0) is 15.5. The van der Waals surface area contributed by atoms with Gasteiger partial charge in [0.15, 0.2) is 11.2 Å². The molecule has 1 aromatic carbocycles. The molecule has 5 heteroatoms. The van der Waals surface area contributed by atoms with Gasteiger partial charge in [-0.05, 0) is 31.9 Å². The molecule has 0 saturated heterocycles. The number of nitrogens with zero attached hydrogens (tertiary/aromatic N) is 4. The minimum atomic E-state index is 0.250. The van der Waals surface area contributed by atoms with E-state index in [1.165, 1.54) is 0 Å². The highest BCUT2D eigenvalue weighted by Gasteiger charge is 2.14. The van der Waals surface area contributed by atoms with Crippen LogP contribution in [0.5, 0.6) is 5.88 Å². The van der Waals surface area contributed by atoms with Crippen LogP contribution in [0.2, 0.25) is 0 Å². The van der Waals surface area contributed by atoms with Crippen LogP contribution in [0.1, 0.15) is 31.3 Å². The Morgan fingerprint density at radius 2 is 1.86 bits per heavy atom. The van der Waals surface area contributed by atoms with E-state index in [0.717, 1.165) is 11.2 Å². The van der Waals surface area contributed by atoms with Gasteiger partial charge in [-0.25, -0.2) is 9.97 Å². The van der Waals surface area contributed by atoms with Gasteiger partial charge < -0.3 is 9.30 Å². The molecule has 0 radical (unpaired) electrons. The van der Waals surface area contributed by atoms with E-state index in [2.05, 4.69) is 40.6 Å². The summed E-state index contributed by atoms with van der Waals surface area (Å²) in [5.74, 6) is 6.92. The lowest BCUT2D eigenvalue weighted by molar-refractivity contribution is 0.401. The predicted octanol–water partition coefficient (Wildman–Crippen LogP) is 2.82. The van der Waals surface area contributed by atoms with Crippen molar-refractivity contribution in [2.24, 2.45) is 0 Å². The number of rotatable bonds is 2. The van der Waals surface area contributed by atoms with Gasteiger partial charge in [-0.15, -0.1) is 0 Å². The normalized spacial score (nSPS) is 10.5. The van der Waals surface area contributed by atoms with Crippen molar-refractivity contribution in [2.45, 2.75) is 19.9 Å². The van der Waals surface area contributed by atoms with Crippen molar-refractivity contribution >= 4 is 11.2 Å². The first-order chi connectivity index (χ1) is 10.7. The fourth-order valence-corrected chi connectivity index (χ4v) is 2.12. The van der Waals surface area contributed by atoms with Gasteiger partial charge >= 0.3 is 0 Å². The van der Waals surface area contributed by atoms with E-state index >= 15 is 0 Å². The van der Waals surface area contributed by atoms with Crippen LogP contribution < -0.4 is 4.74 Å². The molecule has 3 rings (SSSR count). The molecule has 0 unspecified atom stereocenters. The van der Waals surface area contributed by atoms with Crippen LogP contribution in [-0.2, 0) is 0 Å². The average molecular weight is 292 g/mol. The lowest BCUT2D eigenvalue weighted by Crippen LogP contribution is -2.02. The van der Waals surface area contributed by atoms with Crippen molar-refractivity contribution in [2.75, 3.05) is 7.11 Å². The first-order valence-corrected chi connectivity index (χ1v) is 7.04. The summed E-state index contributed by atoms with van der Waals surface area (Å²) in [5.41, 5.74) is 2.31. The number of aromatic nitrogens is 4. The Labute approximate surface area is 129 Å². The van der Waals surface area contributed by atoms with E-state index in [1.807, 2.05) is 34.9 Å². The van der Waals surface area contributed by atoms with Crippen LogP contribution in [0, 0.1) is 11.8 Å². The molecule has 0 fully saturated rings. The van der Waals surface area contributed by atoms with Crippen LogP contribution >= 0.6 is 0 Å². The van der Waals surface area contributed by atoms with E-state index in [4.69, 9.17) is 4.74 Å². The topological polar surface area (TPSA) is 52.8 Å². The van der Waals surface area contributed by atoms with Crippen LogP contribution in [0.3, 0.4) is 0 Å². The fourth-order valence-electron chi connectivity index (χ4n) is 2.12. The molecule has 0 saturated carbocycles. The average Bonchev–Trinajstić information content (AvgIpc) is 2.97. The molecule has 0 bridgehead atoms. The number of methoxy groups -OCH3 is 1. The first kappa shape index (κ1) is 14.1. The fraction of sp³-hybridized carbons (Fsp3) is 0.235. The minimum Gasteiger partial charge on any atom is -0.479 e. The Hall–Kier alpha value is -2.87. The minimum absolute atomic E-state index is 0.250. The highest BCUT2D eigenvalue weighted by molar-refractivity contribution is 5.77. The summed E-state index contributed by atoms with van der Waals surface area (Å²) in [7, 11) is 1.57. The van der Waals surface area contributed by atoms with Gasteiger partial charge in [0.1, 0.15) is 0 Å². The summed E-state index contributed by atoms with van der Waals surface area (Å²) in [6, 6.07) is 9.99. The van der Waals surface area contributed by atoms with Crippen molar-refractivity contribution in [3.8, 4) is 17.7 Å². The van der Waals surface area contributed by atoms with Crippen molar-refractivity contribution < 1.29 is 4.74 Å². The molecular weight excluding hydrogens is 276 g/mol. The third-order valence-corrected chi connectivity index (χ3v) is 3.23. The maximum atomic E-state index is 5.32. The van der Waals surface area contributed by atoms with Crippen molar-refractivity contribution in [1.29, 1.82) is 0 Å². The zero-order valence-corrected chi connectivity index (χ0v) is 12.7. The molecular formula is C17H16N4O. The molecule has 0 aliphatic rings. The Kier molecular flexibility index (Phi) is 3.75. The maximum absolute atomic E-state index is 5.32. The molecule has 2 heterocycles. The third kappa shape index (κ3) is 2.63.